The van der Waals surface area contributed by atoms with Gasteiger partial charge in [0.15, 0.2) is 0 Å². The number of benzene rings is 2. The van der Waals surface area contributed by atoms with Crippen LogP contribution >= 0.6 is 0 Å². The number of rotatable bonds is 6. The first kappa shape index (κ1) is 19.9. The Morgan fingerprint density at radius 1 is 1.00 bits per heavy atom. The quantitative estimate of drug-likeness (QED) is 0.637. The summed E-state index contributed by atoms with van der Waals surface area (Å²) in [5.41, 5.74) is 2.94. The molecule has 30 heavy (non-hydrogen) atoms. The summed E-state index contributed by atoms with van der Waals surface area (Å²) in [6.07, 6.45) is 2.02. The molecule has 0 unspecified atom stereocenters. The highest BCUT2D eigenvalue weighted by Crippen LogP contribution is 2.30. The number of carboxylic acids is 1. The van der Waals surface area contributed by atoms with Crippen LogP contribution in [0.2, 0.25) is 0 Å². The van der Waals surface area contributed by atoms with Gasteiger partial charge in [-0.05, 0) is 54.7 Å². The molecule has 1 saturated heterocycles. The van der Waals surface area contributed by atoms with Gasteiger partial charge in [0.25, 0.3) is 0 Å². The number of pyridine rings is 1. The van der Waals surface area contributed by atoms with E-state index in [2.05, 4.69) is 40.5 Å². The molecule has 3 aromatic rings. The van der Waals surface area contributed by atoms with Crippen LogP contribution in [-0.2, 0) is 9.59 Å². The van der Waals surface area contributed by atoms with Gasteiger partial charge in [0, 0.05) is 30.6 Å². The zero-order valence-electron chi connectivity index (χ0n) is 16.8. The SMILES string of the molecule is O=C(O)CCC(=O)Nc1ccc2nc(N3CCC(c4ccccc4)CC3)ccc2c1. The van der Waals surface area contributed by atoms with E-state index < -0.39 is 5.97 Å². The van der Waals surface area contributed by atoms with Crippen LogP contribution in [0, 0.1) is 0 Å². The normalized spacial score (nSPS) is 14.6. The summed E-state index contributed by atoms with van der Waals surface area (Å²) in [5.74, 6) is 0.304. The summed E-state index contributed by atoms with van der Waals surface area (Å²) in [6, 6.07) is 20.3. The molecule has 0 atom stereocenters. The monoisotopic (exact) mass is 403 g/mol. The number of hydrogen-bond donors (Lipinski definition) is 2. The number of aromatic nitrogens is 1. The van der Waals surface area contributed by atoms with E-state index in [1.54, 1.807) is 6.07 Å². The molecule has 0 bridgehead atoms. The van der Waals surface area contributed by atoms with Crippen molar-refractivity contribution in [3.63, 3.8) is 0 Å². The number of piperidine rings is 1. The van der Waals surface area contributed by atoms with Crippen molar-refractivity contribution in [1.82, 2.24) is 4.98 Å². The van der Waals surface area contributed by atoms with E-state index in [1.807, 2.05) is 24.3 Å². The van der Waals surface area contributed by atoms with Crippen molar-refractivity contribution in [2.75, 3.05) is 23.3 Å². The number of amides is 1. The van der Waals surface area contributed by atoms with E-state index >= 15 is 0 Å². The fraction of sp³-hybridized carbons (Fsp3) is 0.292. The summed E-state index contributed by atoms with van der Waals surface area (Å²) in [7, 11) is 0. The van der Waals surface area contributed by atoms with Gasteiger partial charge in [-0.3, -0.25) is 9.59 Å². The third-order valence-corrected chi connectivity index (χ3v) is 5.61. The Hall–Kier alpha value is -3.41. The Morgan fingerprint density at radius 2 is 1.77 bits per heavy atom. The maximum Gasteiger partial charge on any atom is 0.303 e. The van der Waals surface area contributed by atoms with Gasteiger partial charge in [0.2, 0.25) is 5.91 Å². The molecule has 1 aliphatic heterocycles. The Labute approximate surface area is 175 Å². The second kappa shape index (κ2) is 8.95. The molecule has 6 nitrogen and oxygen atoms in total. The Balaban J connectivity index is 1.40. The molecule has 2 heterocycles. The predicted octanol–water partition coefficient (Wildman–Crippen LogP) is 4.42. The molecule has 6 heteroatoms. The first-order chi connectivity index (χ1) is 14.6. The van der Waals surface area contributed by atoms with Gasteiger partial charge >= 0.3 is 5.97 Å². The molecule has 1 aliphatic rings. The molecule has 1 amide bonds. The van der Waals surface area contributed by atoms with Gasteiger partial charge in [-0.2, -0.15) is 0 Å². The minimum Gasteiger partial charge on any atom is -0.481 e. The summed E-state index contributed by atoms with van der Waals surface area (Å²) in [4.78, 5) is 29.6. The Morgan fingerprint density at radius 3 is 2.50 bits per heavy atom. The maximum atomic E-state index is 11.8. The van der Waals surface area contributed by atoms with Gasteiger partial charge in [0.1, 0.15) is 5.82 Å². The van der Waals surface area contributed by atoms with E-state index in [0.29, 0.717) is 11.6 Å². The molecule has 0 radical (unpaired) electrons. The number of carbonyl (C=O) groups is 2. The first-order valence-electron chi connectivity index (χ1n) is 10.3. The highest BCUT2D eigenvalue weighted by atomic mass is 16.4. The second-order valence-electron chi connectivity index (χ2n) is 7.69. The number of anilines is 2. The summed E-state index contributed by atoms with van der Waals surface area (Å²) < 4.78 is 0. The lowest BCUT2D eigenvalue weighted by atomic mass is 9.89. The predicted molar refractivity (Wildman–Crippen MR) is 118 cm³/mol. The highest BCUT2D eigenvalue weighted by Gasteiger charge is 2.21. The van der Waals surface area contributed by atoms with Crippen LogP contribution < -0.4 is 10.2 Å². The first-order valence-corrected chi connectivity index (χ1v) is 10.3. The zero-order valence-corrected chi connectivity index (χ0v) is 16.8. The average molecular weight is 403 g/mol. The summed E-state index contributed by atoms with van der Waals surface area (Å²) >= 11 is 0. The number of carboxylic acid groups (broad SMARTS) is 1. The third kappa shape index (κ3) is 4.76. The van der Waals surface area contributed by atoms with Crippen LogP contribution in [0.3, 0.4) is 0 Å². The molecule has 1 fully saturated rings. The molecule has 4 rings (SSSR count). The van der Waals surface area contributed by atoms with Crippen LogP contribution in [0.5, 0.6) is 0 Å². The minimum atomic E-state index is -0.979. The summed E-state index contributed by atoms with van der Waals surface area (Å²) in [5, 5.41) is 12.4. The lowest BCUT2D eigenvalue weighted by molar-refractivity contribution is -0.138. The number of carbonyl (C=O) groups excluding carboxylic acids is 1. The van der Waals surface area contributed by atoms with Gasteiger partial charge in [0.05, 0.1) is 11.9 Å². The van der Waals surface area contributed by atoms with Gasteiger partial charge in [-0.25, -0.2) is 4.98 Å². The fourth-order valence-electron chi connectivity index (χ4n) is 3.98. The van der Waals surface area contributed by atoms with Crippen molar-refractivity contribution in [2.45, 2.75) is 31.6 Å². The van der Waals surface area contributed by atoms with Crippen molar-refractivity contribution in [3.05, 3.63) is 66.2 Å². The number of aliphatic carboxylic acids is 1. The van der Waals surface area contributed by atoms with Crippen LogP contribution in [-0.4, -0.2) is 35.1 Å². The lowest BCUT2D eigenvalue weighted by Crippen LogP contribution is -2.33. The molecule has 154 valence electrons. The molecule has 0 aliphatic carbocycles. The van der Waals surface area contributed by atoms with E-state index in [4.69, 9.17) is 10.1 Å². The topological polar surface area (TPSA) is 82.5 Å². The standard InChI is InChI=1S/C24H25N3O3/c28-23(10-11-24(29)30)25-20-7-8-21-19(16-20)6-9-22(26-21)27-14-12-18(13-15-27)17-4-2-1-3-5-17/h1-9,16,18H,10-15H2,(H,25,28)(H,29,30). The Bertz CT molecular complexity index is 1040. The number of hydrogen-bond acceptors (Lipinski definition) is 4. The van der Waals surface area contributed by atoms with Crippen molar-refractivity contribution in [3.8, 4) is 0 Å². The zero-order chi connectivity index (χ0) is 20.9. The van der Waals surface area contributed by atoms with Crippen LogP contribution in [0.15, 0.2) is 60.7 Å². The van der Waals surface area contributed by atoms with E-state index in [9.17, 15) is 9.59 Å². The number of nitrogens with zero attached hydrogens (tertiary/aromatic N) is 2. The molecular weight excluding hydrogens is 378 g/mol. The van der Waals surface area contributed by atoms with E-state index in [-0.39, 0.29) is 18.7 Å². The fourth-order valence-corrected chi connectivity index (χ4v) is 3.98. The van der Waals surface area contributed by atoms with Crippen LogP contribution in [0.25, 0.3) is 10.9 Å². The largest absolute Gasteiger partial charge is 0.481 e. The van der Waals surface area contributed by atoms with Gasteiger partial charge in [-0.1, -0.05) is 30.3 Å². The van der Waals surface area contributed by atoms with Crippen LogP contribution in [0.1, 0.15) is 37.2 Å². The van der Waals surface area contributed by atoms with Gasteiger partial charge < -0.3 is 15.3 Å². The molecule has 1 aromatic heterocycles. The smallest absolute Gasteiger partial charge is 0.303 e. The maximum absolute atomic E-state index is 11.8. The van der Waals surface area contributed by atoms with Crippen molar-refractivity contribution in [1.29, 1.82) is 0 Å². The summed E-state index contributed by atoms with van der Waals surface area (Å²) in [6.45, 7) is 1.96. The molecule has 0 saturated carbocycles. The van der Waals surface area contributed by atoms with Crippen LogP contribution in [0.4, 0.5) is 11.5 Å². The average Bonchev–Trinajstić information content (AvgIpc) is 2.78. The number of nitrogens with one attached hydrogen (secondary N) is 1. The van der Waals surface area contributed by atoms with E-state index in [1.165, 1.54) is 5.56 Å². The lowest BCUT2D eigenvalue weighted by Gasteiger charge is -2.33. The number of fused-ring (bicyclic) bond motifs is 1. The molecule has 2 aromatic carbocycles. The molecule has 0 spiro atoms. The van der Waals surface area contributed by atoms with Crippen molar-refractivity contribution >= 4 is 34.3 Å². The molecular formula is C24H25N3O3. The minimum absolute atomic E-state index is 0.0382. The van der Waals surface area contributed by atoms with Gasteiger partial charge in [-0.15, -0.1) is 0 Å². The van der Waals surface area contributed by atoms with E-state index in [0.717, 1.165) is 42.7 Å². The van der Waals surface area contributed by atoms with Crippen molar-refractivity contribution < 1.29 is 14.7 Å². The highest BCUT2D eigenvalue weighted by molar-refractivity contribution is 5.95. The second-order valence-corrected chi connectivity index (χ2v) is 7.69. The Kier molecular flexibility index (Phi) is 5.93. The molecule has 2 N–H and O–H groups in total. The van der Waals surface area contributed by atoms with Crippen molar-refractivity contribution in [2.24, 2.45) is 0 Å². The third-order valence-electron chi connectivity index (χ3n) is 5.61.